The van der Waals surface area contributed by atoms with E-state index >= 15 is 0 Å². The van der Waals surface area contributed by atoms with Gasteiger partial charge in [0.1, 0.15) is 11.4 Å². The molecular formula is C17H25N3O. The first-order chi connectivity index (χ1) is 9.88. The Morgan fingerprint density at radius 1 is 1.24 bits per heavy atom. The Balaban J connectivity index is 2.16. The van der Waals surface area contributed by atoms with Crippen molar-refractivity contribution in [1.82, 2.24) is 15.1 Å². The molecule has 0 spiro atoms. The van der Waals surface area contributed by atoms with Crippen molar-refractivity contribution in [3.63, 3.8) is 0 Å². The second kappa shape index (κ2) is 6.31. The van der Waals surface area contributed by atoms with Crippen LogP contribution >= 0.6 is 0 Å². The summed E-state index contributed by atoms with van der Waals surface area (Å²) < 4.78 is 7.86. The van der Waals surface area contributed by atoms with E-state index in [0.717, 1.165) is 29.4 Å². The molecule has 0 aliphatic heterocycles. The minimum Gasteiger partial charge on any atom is -0.453 e. The predicted octanol–water partition coefficient (Wildman–Crippen LogP) is 3.64. The standard InChI is InChI=1S/C17H25N3O/c1-11(2)18-10-15-7-8-16(9-12(15)3)21-17-13(4)19-20(6)14(17)5/h7-9,11,18H,10H2,1-6H3. The number of nitrogens with one attached hydrogen (secondary N) is 1. The third-order valence-corrected chi connectivity index (χ3v) is 3.68. The maximum absolute atomic E-state index is 6.02. The molecule has 0 unspecified atom stereocenters. The topological polar surface area (TPSA) is 39.1 Å². The van der Waals surface area contributed by atoms with Gasteiger partial charge < -0.3 is 10.1 Å². The van der Waals surface area contributed by atoms with Crippen molar-refractivity contribution in [3.05, 3.63) is 40.7 Å². The third-order valence-electron chi connectivity index (χ3n) is 3.68. The molecule has 1 heterocycles. The highest BCUT2D eigenvalue weighted by Crippen LogP contribution is 2.29. The summed E-state index contributed by atoms with van der Waals surface area (Å²) >= 11 is 0. The van der Waals surface area contributed by atoms with Crippen LogP contribution in [0.15, 0.2) is 18.2 Å². The average Bonchev–Trinajstić information content (AvgIpc) is 2.64. The molecule has 1 N–H and O–H groups in total. The number of aromatic nitrogens is 2. The molecule has 4 nitrogen and oxygen atoms in total. The normalized spacial score (nSPS) is 11.2. The SMILES string of the molecule is Cc1cc(Oc2c(C)nn(C)c2C)ccc1CNC(C)C. The molecule has 0 amide bonds. The van der Waals surface area contributed by atoms with Gasteiger partial charge >= 0.3 is 0 Å². The van der Waals surface area contributed by atoms with E-state index in [1.54, 1.807) is 0 Å². The molecule has 0 fully saturated rings. The highest BCUT2D eigenvalue weighted by Gasteiger charge is 2.12. The zero-order valence-electron chi connectivity index (χ0n) is 13.8. The molecule has 0 bridgehead atoms. The minimum absolute atomic E-state index is 0.487. The van der Waals surface area contributed by atoms with Gasteiger partial charge in [0.2, 0.25) is 0 Å². The molecule has 2 rings (SSSR count). The molecular weight excluding hydrogens is 262 g/mol. The zero-order valence-corrected chi connectivity index (χ0v) is 13.8. The first-order valence-corrected chi connectivity index (χ1v) is 7.39. The van der Waals surface area contributed by atoms with E-state index in [1.807, 2.05) is 31.6 Å². The summed E-state index contributed by atoms with van der Waals surface area (Å²) in [6, 6.07) is 6.72. The number of hydrogen-bond acceptors (Lipinski definition) is 3. The average molecular weight is 287 g/mol. The lowest BCUT2D eigenvalue weighted by atomic mass is 10.1. The van der Waals surface area contributed by atoms with Crippen LogP contribution in [-0.4, -0.2) is 15.8 Å². The van der Waals surface area contributed by atoms with Crippen LogP contribution in [0.5, 0.6) is 11.5 Å². The summed E-state index contributed by atoms with van der Waals surface area (Å²) in [7, 11) is 1.93. The highest BCUT2D eigenvalue weighted by atomic mass is 16.5. The van der Waals surface area contributed by atoms with Gasteiger partial charge in [0, 0.05) is 19.6 Å². The van der Waals surface area contributed by atoms with Crippen LogP contribution in [0.25, 0.3) is 0 Å². The molecule has 2 aromatic rings. The molecule has 0 radical (unpaired) electrons. The van der Waals surface area contributed by atoms with E-state index in [1.165, 1.54) is 11.1 Å². The number of hydrogen-bond donors (Lipinski definition) is 1. The smallest absolute Gasteiger partial charge is 0.171 e. The summed E-state index contributed by atoms with van der Waals surface area (Å²) in [6.45, 7) is 11.3. The lowest BCUT2D eigenvalue weighted by molar-refractivity contribution is 0.473. The molecule has 114 valence electrons. The van der Waals surface area contributed by atoms with Crippen molar-refractivity contribution in [2.24, 2.45) is 7.05 Å². The van der Waals surface area contributed by atoms with Gasteiger partial charge in [-0.3, -0.25) is 4.68 Å². The first kappa shape index (κ1) is 15.6. The highest BCUT2D eigenvalue weighted by molar-refractivity contribution is 5.40. The van der Waals surface area contributed by atoms with Crippen LogP contribution in [0.3, 0.4) is 0 Å². The van der Waals surface area contributed by atoms with Crippen LogP contribution in [0.1, 0.15) is 36.4 Å². The molecule has 21 heavy (non-hydrogen) atoms. The largest absolute Gasteiger partial charge is 0.453 e. The van der Waals surface area contributed by atoms with E-state index in [-0.39, 0.29) is 0 Å². The van der Waals surface area contributed by atoms with Gasteiger partial charge in [0.05, 0.1) is 5.69 Å². The fourth-order valence-electron chi connectivity index (χ4n) is 2.26. The Kier molecular flexibility index (Phi) is 4.68. The lowest BCUT2D eigenvalue weighted by Gasteiger charge is -2.12. The van der Waals surface area contributed by atoms with Crippen molar-refractivity contribution in [2.75, 3.05) is 0 Å². The summed E-state index contributed by atoms with van der Waals surface area (Å²) in [6.07, 6.45) is 0. The van der Waals surface area contributed by atoms with Crippen molar-refractivity contribution in [2.45, 2.75) is 47.2 Å². The van der Waals surface area contributed by atoms with Crippen LogP contribution in [0.4, 0.5) is 0 Å². The van der Waals surface area contributed by atoms with Gasteiger partial charge in [-0.25, -0.2) is 0 Å². The third kappa shape index (κ3) is 3.64. The van der Waals surface area contributed by atoms with Crippen molar-refractivity contribution < 1.29 is 4.74 Å². The van der Waals surface area contributed by atoms with E-state index < -0.39 is 0 Å². The molecule has 4 heteroatoms. The molecule has 0 aliphatic rings. The molecule has 1 aromatic carbocycles. The van der Waals surface area contributed by atoms with Gasteiger partial charge in [-0.05, 0) is 44.0 Å². The molecule has 0 saturated heterocycles. The van der Waals surface area contributed by atoms with Crippen molar-refractivity contribution in [1.29, 1.82) is 0 Å². The summed E-state index contributed by atoms with van der Waals surface area (Å²) in [4.78, 5) is 0. The van der Waals surface area contributed by atoms with Crippen LogP contribution in [-0.2, 0) is 13.6 Å². The molecule has 0 atom stereocenters. The maximum Gasteiger partial charge on any atom is 0.171 e. The van der Waals surface area contributed by atoms with Gasteiger partial charge in [-0.2, -0.15) is 5.10 Å². The number of ether oxygens (including phenoxy) is 1. The fraction of sp³-hybridized carbons (Fsp3) is 0.471. The number of rotatable bonds is 5. The van der Waals surface area contributed by atoms with Crippen molar-refractivity contribution >= 4 is 0 Å². The van der Waals surface area contributed by atoms with Gasteiger partial charge in [-0.1, -0.05) is 19.9 Å². The maximum atomic E-state index is 6.02. The van der Waals surface area contributed by atoms with E-state index in [4.69, 9.17) is 4.74 Å². The predicted molar refractivity (Wildman–Crippen MR) is 85.9 cm³/mol. The minimum atomic E-state index is 0.487. The van der Waals surface area contributed by atoms with Crippen LogP contribution < -0.4 is 10.1 Å². The van der Waals surface area contributed by atoms with Gasteiger partial charge in [0.25, 0.3) is 0 Å². The van der Waals surface area contributed by atoms with Crippen LogP contribution in [0.2, 0.25) is 0 Å². The Morgan fingerprint density at radius 3 is 2.48 bits per heavy atom. The Labute approximate surface area is 127 Å². The second-order valence-corrected chi connectivity index (χ2v) is 5.85. The summed E-state index contributed by atoms with van der Waals surface area (Å²) in [5, 5.41) is 7.82. The first-order valence-electron chi connectivity index (χ1n) is 7.39. The number of benzene rings is 1. The Morgan fingerprint density at radius 2 is 1.95 bits per heavy atom. The summed E-state index contributed by atoms with van der Waals surface area (Å²) in [5.41, 5.74) is 4.49. The number of aryl methyl sites for hydroxylation is 3. The number of nitrogens with zero attached hydrogens (tertiary/aromatic N) is 2. The van der Waals surface area contributed by atoms with Gasteiger partial charge in [0.15, 0.2) is 5.75 Å². The Bertz CT molecular complexity index is 629. The Hall–Kier alpha value is -1.81. The quantitative estimate of drug-likeness (QED) is 0.912. The second-order valence-electron chi connectivity index (χ2n) is 5.85. The van der Waals surface area contributed by atoms with E-state index in [2.05, 4.69) is 43.3 Å². The zero-order chi connectivity index (χ0) is 15.6. The van der Waals surface area contributed by atoms with Crippen molar-refractivity contribution in [3.8, 4) is 11.5 Å². The fourth-order valence-corrected chi connectivity index (χ4v) is 2.26. The van der Waals surface area contributed by atoms with E-state index in [9.17, 15) is 0 Å². The van der Waals surface area contributed by atoms with Crippen LogP contribution in [0, 0.1) is 20.8 Å². The van der Waals surface area contributed by atoms with Gasteiger partial charge in [-0.15, -0.1) is 0 Å². The monoisotopic (exact) mass is 287 g/mol. The summed E-state index contributed by atoms with van der Waals surface area (Å²) in [5.74, 6) is 1.71. The molecule has 0 aliphatic carbocycles. The lowest BCUT2D eigenvalue weighted by Crippen LogP contribution is -2.22. The molecule has 0 saturated carbocycles. The van der Waals surface area contributed by atoms with E-state index in [0.29, 0.717) is 6.04 Å². The molecule has 1 aromatic heterocycles.